The maximum atomic E-state index is 6.76. The Hall–Kier alpha value is -6.84. The molecule has 0 aliphatic carbocycles. The Morgan fingerprint density at radius 3 is 1.62 bits per heavy atom. The van der Waals surface area contributed by atoms with Gasteiger partial charge in [0.1, 0.15) is 23.0 Å². The van der Waals surface area contributed by atoms with Gasteiger partial charge in [0.2, 0.25) is 0 Å². The van der Waals surface area contributed by atoms with Crippen LogP contribution in [0.15, 0.2) is 201 Å². The minimum absolute atomic E-state index is 0.704. The maximum Gasteiger partial charge on any atom is 0.132 e. The van der Waals surface area contributed by atoms with Crippen molar-refractivity contribution in [2.75, 3.05) is 4.90 Å². The van der Waals surface area contributed by atoms with E-state index in [-0.39, 0.29) is 0 Å². The van der Waals surface area contributed by atoms with E-state index >= 15 is 0 Å². The molecule has 0 amide bonds. The summed E-state index contributed by atoms with van der Waals surface area (Å²) in [5.74, 6) is 3.30. The molecule has 52 heavy (non-hydrogen) atoms. The molecule has 0 aromatic heterocycles. The number of fused-ring (bicyclic) bond motifs is 8. The van der Waals surface area contributed by atoms with Crippen molar-refractivity contribution in [2.24, 2.45) is 0 Å². The molecule has 0 saturated heterocycles. The van der Waals surface area contributed by atoms with Crippen molar-refractivity contribution in [1.82, 2.24) is 0 Å². The van der Waals surface area contributed by atoms with Crippen LogP contribution in [0.4, 0.5) is 17.1 Å². The van der Waals surface area contributed by atoms with E-state index in [1.165, 1.54) is 5.56 Å². The monoisotopic (exact) mass is 669 g/mol. The van der Waals surface area contributed by atoms with Crippen molar-refractivity contribution in [2.45, 2.75) is 5.41 Å². The summed E-state index contributed by atoms with van der Waals surface area (Å²) in [6, 6.07) is 59.4. The van der Waals surface area contributed by atoms with Gasteiger partial charge in [0.25, 0.3) is 0 Å². The van der Waals surface area contributed by atoms with E-state index in [1.54, 1.807) is 6.08 Å². The lowest BCUT2D eigenvalue weighted by Gasteiger charge is -2.45. The number of benzene rings is 7. The van der Waals surface area contributed by atoms with Crippen LogP contribution in [0.5, 0.6) is 23.0 Å². The molecule has 2 heterocycles. The van der Waals surface area contributed by atoms with E-state index in [4.69, 9.17) is 9.47 Å². The molecule has 7 aromatic rings. The first-order chi connectivity index (χ1) is 25.7. The zero-order valence-electron chi connectivity index (χ0n) is 28.6. The van der Waals surface area contributed by atoms with Crippen molar-refractivity contribution in [3.8, 4) is 34.1 Å². The predicted molar refractivity (Wildman–Crippen MR) is 213 cm³/mol. The summed E-state index contributed by atoms with van der Waals surface area (Å²) < 4.78 is 13.4. The van der Waals surface area contributed by atoms with Crippen LogP contribution in [-0.2, 0) is 5.41 Å². The van der Waals surface area contributed by atoms with E-state index in [2.05, 4.69) is 164 Å². The molecule has 1 spiro atoms. The summed E-state index contributed by atoms with van der Waals surface area (Å²) in [6.45, 7) is 8.35. The molecule has 2 aliphatic rings. The largest absolute Gasteiger partial charge is 0.457 e. The van der Waals surface area contributed by atoms with Crippen molar-refractivity contribution < 1.29 is 9.47 Å². The summed E-state index contributed by atoms with van der Waals surface area (Å²) in [5, 5.41) is 0. The summed E-state index contributed by atoms with van der Waals surface area (Å²) in [5.41, 5.74) is 10.8. The van der Waals surface area contributed by atoms with Gasteiger partial charge in [-0.1, -0.05) is 147 Å². The Bertz CT molecular complexity index is 2410. The fourth-order valence-corrected chi connectivity index (χ4v) is 7.82. The first-order valence-corrected chi connectivity index (χ1v) is 17.5. The minimum atomic E-state index is -0.704. The van der Waals surface area contributed by atoms with E-state index in [1.807, 2.05) is 36.4 Å². The average Bonchev–Trinajstić information content (AvgIpc) is 3.21. The number of allylic oxidation sites excluding steroid dienone is 4. The van der Waals surface area contributed by atoms with Gasteiger partial charge in [-0.15, -0.1) is 0 Å². The van der Waals surface area contributed by atoms with Crippen LogP contribution >= 0.6 is 0 Å². The number of rotatable bonds is 7. The fourth-order valence-electron chi connectivity index (χ4n) is 7.82. The highest BCUT2D eigenvalue weighted by Gasteiger charge is 2.50. The molecule has 7 aromatic carbocycles. The molecular formula is C49H35NO2. The molecule has 3 nitrogen and oxygen atoms in total. The lowest BCUT2D eigenvalue weighted by molar-refractivity contribution is 0.399. The van der Waals surface area contributed by atoms with Crippen LogP contribution in [0.1, 0.15) is 27.8 Å². The molecule has 3 heteroatoms. The fraction of sp³-hybridized carbons (Fsp3) is 0.0204. The smallest absolute Gasteiger partial charge is 0.132 e. The standard InChI is InChI=1S/C49H35NO2/c1-3-4-16-34(2)39-19-8-12-23-44(39)50(37-29-27-36(28-30-37)35-17-6-5-7-18-35)38-31-32-48-43(33-38)49(42-22-11-15-26-47(42)52-48)40-20-9-13-24-45(40)51-46-25-14-10-21-41(46)49/h3-33H,1-2H2/b16-4-. The summed E-state index contributed by atoms with van der Waals surface area (Å²) >= 11 is 0. The Kier molecular flexibility index (Phi) is 7.67. The molecule has 2 aliphatic heterocycles. The third-order valence-electron chi connectivity index (χ3n) is 10.1. The van der Waals surface area contributed by atoms with Gasteiger partial charge in [-0.25, -0.2) is 0 Å². The molecule has 248 valence electrons. The molecule has 0 saturated carbocycles. The van der Waals surface area contributed by atoms with Crippen molar-refractivity contribution in [3.63, 3.8) is 0 Å². The van der Waals surface area contributed by atoms with Crippen LogP contribution in [0.25, 0.3) is 16.7 Å². The quantitative estimate of drug-likeness (QED) is 0.158. The number of hydrogen-bond donors (Lipinski definition) is 0. The Labute approximate surface area is 304 Å². The molecule has 0 radical (unpaired) electrons. The second kappa shape index (κ2) is 12.8. The zero-order valence-corrected chi connectivity index (χ0v) is 28.6. The molecule has 0 N–H and O–H groups in total. The van der Waals surface area contributed by atoms with Crippen LogP contribution in [0, 0.1) is 0 Å². The highest BCUT2D eigenvalue weighted by atomic mass is 16.5. The third kappa shape index (κ3) is 4.98. The van der Waals surface area contributed by atoms with Crippen LogP contribution in [0.3, 0.4) is 0 Å². The number of hydrogen-bond acceptors (Lipinski definition) is 3. The molecule has 0 bridgehead atoms. The van der Waals surface area contributed by atoms with Gasteiger partial charge >= 0.3 is 0 Å². The second-order valence-electron chi connectivity index (χ2n) is 13.0. The van der Waals surface area contributed by atoms with Gasteiger partial charge in [-0.05, 0) is 71.3 Å². The SMILES string of the molecule is C=C/C=C\C(=C)c1ccccc1N(c1ccc(-c2ccccc2)cc1)c1ccc2c(c1)C1(c3ccccc3Oc3ccccc31)c1ccccc1O2. The van der Waals surface area contributed by atoms with Gasteiger partial charge < -0.3 is 14.4 Å². The molecule has 0 atom stereocenters. The van der Waals surface area contributed by atoms with Crippen molar-refractivity contribution >= 4 is 22.6 Å². The van der Waals surface area contributed by atoms with Crippen LogP contribution in [-0.4, -0.2) is 0 Å². The summed E-state index contributed by atoms with van der Waals surface area (Å²) in [4.78, 5) is 2.32. The van der Waals surface area contributed by atoms with E-state index in [0.717, 1.165) is 79.0 Å². The number of para-hydroxylation sites is 4. The van der Waals surface area contributed by atoms with Crippen molar-refractivity contribution in [1.29, 1.82) is 0 Å². The summed E-state index contributed by atoms with van der Waals surface area (Å²) in [7, 11) is 0. The number of ether oxygens (including phenoxy) is 2. The maximum absolute atomic E-state index is 6.76. The van der Waals surface area contributed by atoms with E-state index < -0.39 is 5.41 Å². The average molecular weight is 670 g/mol. The van der Waals surface area contributed by atoms with Gasteiger partial charge in [0, 0.05) is 39.2 Å². The normalized spacial score (nSPS) is 13.2. The molecule has 9 rings (SSSR count). The summed E-state index contributed by atoms with van der Waals surface area (Å²) in [6.07, 6.45) is 5.71. The zero-order chi connectivity index (χ0) is 35.1. The van der Waals surface area contributed by atoms with E-state index in [9.17, 15) is 0 Å². The predicted octanol–water partition coefficient (Wildman–Crippen LogP) is 13.2. The second-order valence-corrected chi connectivity index (χ2v) is 13.0. The van der Waals surface area contributed by atoms with Gasteiger partial charge in [-0.3, -0.25) is 0 Å². The van der Waals surface area contributed by atoms with Crippen molar-refractivity contribution in [3.05, 3.63) is 229 Å². The topological polar surface area (TPSA) is 21.7 Å². The Balaban J connectivity index is 1.31. The minimum Gasteiger partial charge on any atom is -0.457 e. The Morgan fingerprint density at radius 1 is 0.500 bits per heavy atom. The number of anilines is 3. The van der Waals surface area contributed by atoms with Gasteiger partial charge in [0.05, 0.1) is 11.1 Å². The van der Waals surface area contributed by atoms with E-state index in [0.29, 0.717) is 0 Å². The highest BCUT2D eigenvalue weighted by molar-refractivity contribution is 5.89. The van der Waals surface area contributed by atoms with Gasteiger partial charge in [-0.2, -0.15) is 0 Å². The highest BCUT2D eigenvalue weighted by Crippen LogP contribution is 2.62. The van der Waals surface area contributed by atoms with Gasteiger partial charge in [0.15, 0.2) is 0 Å². The molecule has 0 unspecified atom stereocenters. The number of nitrogens with zero attached hydrogens (tertiary/aromatic N) is 1. The molecular weight excluding hydrogens is 635 g/mol. The molecule has 0 fully saturated rings. The Morgan fingerprint density at radius 2 is 1.00 bits per heavy atom. The lowest BCUT2D eigenvalue weighted by Crippen LogP contribution is -2.37. The first-order valence-electron chi connectivity index (χ1n) is 17.5. The lowest BCUT2D eigenvalue weighted by atomic mass is 9.62. The third-order valence-corrected chi connectivity index (χ3v) is 10.1. The first kappa shape index (κ1) is 31.2. The van der Waals surface area contributed by atoms with Crippen LogP contribution in [0.2, 0.25) is 0 Å². The van der Waals surface area contributed by atoms with Crippen LogP contribution < -0.4 is 14.4 Å².